The van der Waals surface area contributed by atoms with Crippen molar-refractivity contribution in [1.82, 2.24) is 0 Å². The summed E-state index contributed by atoms with van der Waals surface area (Å²) >= 11 is 5.83. The Morgan fingerprint density at radius 3 is 2.58 bits per heavy atom. The summed E-state index contributed by atoms with van der Waals surface area (Å²) in [6.45, 7) is -0.661. The van der Waals surface area contributed by atoms with Gasteiger partial charge in [-0.05, 0) is 30.3 Å². The average molecular weight is 356 g/mol. The van der Waals surface area contributed by atoms with Gasteiger partial charge in [0.25, 0.3) is 5.91 Å². The minimum Gasteiger partial charge on any atom is -0.495 e. The lowest BCUT2D eigenvalue weighted by Crippen LogP contribution is -2.21. The molecule has 0 bridgehead atoms. The number of amides is 1. The lowest BCUT2D eigenvalue weighted by molar-refractivity contribution is -0.119. The molecular formula is C16H12ClF2NO4. The normalized spacial score (nSPS) is 10.2. The van der Waals surface area contributed by atoms with Crippen LogP contribution < -0.4 is 10.1 Å². The van der Waals surface area contributed by atoms with Gasteiger partial charge in [0.15, 0.2) is 6.61 Å². The predicted octanol–water partition coefficient (Wildman–Crippen LogP) is 3.42. The van der Waals surface area contributed by atoms with Gasteiger partial charge in [-0.3, -0.25) is 4.79 Å². The number of hydrogen-bond acceptors (Lipinski definition) is 4. The molecule has 8 heteroatoms. The Morgan fingerprint density at radius 2 is 1.92 bits per heavy atom. The van der Waals surface area contributed by atoms with E-state index in [0.29, 0.717) is 22.5 Å². The van der Waals surface area contributed by atoms with E-state index in [0.717, 1.165) is 12.1 Å². The predicted molar refractivity (Wildman–Crippen MR) is 83.3 cm³/mol. The number of carbonyl (C=O) groups excluding carboxylic acids is 2. The standard InChI is InChI=1S/C16H12ClF2NO4/c1-23-14-5-2-9(17)6-13(14)20-15(21)8-24-16(22)11-4-3-10(18)7-12(11)19/h2-7H,8H2,1H3,(H,20,21). The summed E-state index contributed by atoms with van der Waals surface area (Å²) < 4.78 is 36.0. The molecule has 0 saturated carbocycles. The van der Waals surface area contributed by atoms with Crippen molar-refractivity contribution in [1.29, 1.82) is 0 Å². The van der Waals surface area contributed by atoms with Gasteiger partial charge in [-0.1, -0.05) is 11.6 Å². The van der Waals surface area contributed by atoms with Crippen LogP contribution in [0.25, 0.3) is 0 Å². The fourth-order valence-electron chi connectivity index (χ4n) is 1.83. The second-order valence-corrected chi connectivity index (χ2v) is 5.03. The first-order chi connectivity index (χ1) is 11.4. The van der Waals surface area contributed by atoms with E-state index in [4.69, 9.17) is 21.1 Å². The number of hydrogen-bond donors (Lipinski definition) is 1. The average Bonchev–Trinajstić information content (AvgIpc) is 2.53. The van der Waals surface area contributed by atoms with Crippen LogP contribution in [0.1, 0.15) is 10.4 Å². The van der Waals surface area contributed by atoms with E-state index in [1.165, 1.54) is 13.2 Å². The molecule has 0 saturated heterocycles. The Balaban J connectivity index is 1.98. The highest BCUT2D eigenvalue weighted by Gasteiger charge is 2.16. The Hall–Kier alpha value is -2.67. The second kappa shape index (κ2) is 7.74. The number of rotatable bonds is 5. The van der Waals surface area contributed by atoms with Gasteiger partial charge >= 0.3 is 5.97 Å². The Morgan fingerprint density at radius 1 is 1.17 bits per heavy atom. The van der Waals surface area contributed by atoms with E-state index >= 15 is 0 Å². The molecular weight excluding hydrogens is 344 g/mol. The van der Waals surface area contributed by atoms with Crippen LogP contribution in [0.2, 0.25) is 5.02 Å². The zero-order chi connectivity index (χ0) is 17.7. The van der Waals surface area contributed by atoms with Gasteiger partial charge < -0.3 is 14.8 Å². The minimum absolute atomic E-state index is 0.291. The molecule has 0 aromatic heterocycles. The van der Waals surface area contributed by atoms with Crippen LogP contribution in [-0.4, -0.2) is 25.6 Å². The molecule has 0 radical (unpaired) electrons. The van der Waals surface area contributed by atoms with Crippen LogP contribution in [0.15, 0.2) is 36.4 Å². The number of halogens is 3. The van der Waals surface area contributed by atoms with Crippen molar-refractivity contribution in [2.24, 2.45) is 0 Å². The molecule has 0 aliphatic carbocycles. The summed E-state index contributed by atoms with van der Waals surface area (Å²) in [5.74, 6) is -3.29. The highest BCUT2D eigenvalue weighted by molar-refractivity contribution is 6.31. The third kappa shape index (κ3) is 4.42. The molecule has 2 aromatic carbocycles. The highest BCUT2D eigenvalue weighted by Crippen LogP contribution is 2.27. The molecule has 1 amide bonds. The third-order valence-electron chi connectivity index (χ3n) is 2.92. The highest BCUT2D eigenvalue weighted by atomic mass is 35.5. The first-order valence-corrected chi connectivity index (χ1v) is 7.04. The van der Waals surface area contributed by atoms with Gasteiger partial charge in [0.2, 0.25) is 0 Å². The molecule has 5 nitrogen and oxygen atoms in total. The first kappa shape index (κ1) is 17.7. The monoisotopic (exact) mass is 355 g/mol. The molecule has 0 heterocycles. The summed E-state index contributed by atoms with van der Waals surface area (Å²) in [7, 11) is 1.41. The fraction of sp³-hybridized carbons (Fsp3) is 0.125. The molecule has 126 valence electrons. The SMILES string of the molecule is COc1ccc(Cl)cc1NC(=O)COC(=O)c1ccc(F)cc1F. The molecule has 1 N–H and O–H groups in total. The Kier molecular flexibility index (Phi) is 5.70. The Bertz CT molecular complexity index is 783. The number of nitrogens with one attached hydrogen (secondary N) is 1. The van der Waals surface area contributed by atoms with Gasteiger partial charge in [-0.2, -0.15) is 0 Å². The molecule has 2 aromatic rings. The summed E-state index contributed by atoms with van der Waals surface area (Å²) in [6, 6.07) is 6.99. The van der Waals surface area contributed by atoms with Crippen molar-refractivity contribution in [3.63, 3.8) is 0 Å². The first-order valence-electron chi connectivity index (χ1n) is 6.66. The molecule has 0 fully saturated rings. The zero-order valence-corrected chi connectivity index (χ0v) is 13.2. The van der Waals surface area contributed by atoms with Crippen LogP contribution in [0.5, 0.6) is 5.75 Å². The third-order valence-corrected chi connectivity index (χ3v) is 3.16. The number of methoxy groups -OCH3 is 1. The Labute approximate surface area is 141 Å². The number of benzene rings is 2. The van der Waals surface area contributed by atoms with E-state index in [9.17, 15) is 18.4 Å². The van der Waals surface area contributed by atoms with Crippen LogP contribution in [0.3, 0.4) is 0 Å². The number of carbonyl (C=O) groups is 2. The molecule has 2 rings (SSSR count). The number of ether oxygens (including phenoxy) is 2. The number of esters is 1. The van der Waals surface area contributed by atoms with Crippen LogP contribution >= 0.6 is 11.6 Å². The van der Waals surface area contributed by atoms with Crippen molar-refractivity contribution in [3.05, 3.63) is 58.6 Å². The van der Waals surface area contributed by atoms with Crippen LogP contribution in [-0.2, 0) is 9.53 Å². The van der Waals surface area contributed by atoms with E-state index in [2.05, 4.69) is 5.32 Å². The van der Waals surface area contributed by atoms with E-state index < -0.39 is 35.7 Å². The lowest BCUT2D eigenvalue weighted by atomic mass is 10.2. The van der Waals surface area contributed by atoms with Crippen molar-refractivity contribution in [3.8, 4) is 5.75 Å². The summed E-state index contributed by atoms with van der Waals surface area (Å²) in [5.41, 5.74) is -0.177. The van der Waals surface area contributed by atoms with Crippen molar-refractivity contribution in [2.75, 3.05) is 19.0 Å². The second-order valence-electron chi connectivity index (χ2n) is 4.59. The van der Waals surface area contributed by atoms with Gasteiger partial charge in [0.1, 0.15) is 17.4 Å². The topological polar surface area (TPSA) is 64.6 Å². The summed E-state index contributed by atoms with van der Waals surface area (Å²) in [6.07, 6.45) is 0. The van der Waals surface area contributed by atoms with Crippen molar-refractivity contribution >= 4 is 29.2 Å². The maximum atomic E-state index is 13.4. The van der Waals surface area contributed by atoms with Gasteiger partial charge in [0, 0.05) is 11.1 Å². The van der Waals surface area contributed by atoms with Crippen molar-refractivity contribution in [2.45, 2.75) is 0 Å². The molecule has 0 aliphatic rings. The molecule has 0 atom stereocenters. The molecule has 0 aliphatic heterocycles. The largest absolute Gasteiger partial charge is 0.495 e. The van der Waals surface area contributed by atoms with Gasteiger partial charge in [-0.15, -0.1) is 0 Å². The van der Waals surface area contributed by atoms with Gasteiger partial charge in [0.05, 0.1) is 18.4 Å². The zero-order valence-electron chi connectivity index (χ0n) is 12.4. The molecule has 24 heavy (non-hydrogen) atoms. The van der Waals surface area contributed by atoms with E-state index in [1.807, 2.05) is 0 Å². The van der Waals surface area contributed by atoms with Crippen LogP contribution in [0.4, 0.5) is 14.5 Å². The van der Waals surface area contributed by atoms with Gasteiger partial charge in [-0.25, -0.2) is 13.6 Å². The smallest absolute Gasteiger partial charge is 0.341 e. The summed E-state index contributed by atoms with van der Waals surface area (Å²) in [4.78, 5) is 23.5. The van der Waals surface area contributed by atoms with E-state index in [-0.39, 0.29) is 0 Å². The fourth-order valence-corrected chi connectivity index (χ4v) is 2.00. The quantitative estimate of drug-likeness (QED) is 0.835. The number of anilines is 1. The van der Waals surface area contributed by atoms with Crippen molar-refractivity contribution < 1.29 is 27.8 Å². The molecule has 0 unspecified atom stereocenters. The maximum Gasteiger partial charge on any atom is 0.341 e. The minimum atomic E-state index is -1.08. The summed E-state index contributed by atoms with van der Waals surface area (Å²) in [5, 5.41) is 2.83. The van der Waals surface area contributed by atoms with E-state index in [1.54, 1.807) is 12.1 Å². The lowest BCUT2D eigenvalue weighted by Gasteiger charge is -2.11. The maximum absolute atomic E-state index is 13.4. The molecule has 0 spiro atoms. The van der Waals surface area contributed by atoms with Crippen LogP contribution in [0, 0.1) is 11.6 Å².